The second-order valence-electron chi connectivity index (χ2n) is 5.58. The molecule has 0 spiro atoms. The van der Waals surface area contributed by atoms with Crippen LogP contribution in [0, 0.1) is 10.1 Å². The van der Waals surface area contributed by atoms with E-state index in [0.29, 0.717) is 24.4 Å². The molecule has 0 fully saturated rings. The van der Waals surface area contributed by atoms with Crippen molar-refractivity contribution in [2.75, 3.05) is 25.6 Å². The van der Waals surface area contributed by atoms with Crippen LogP contribution in [0.4, 0.5) is 11.4 Å². The molecule has 2 N–H and O–H groups in total. The molecule has 2 amide bonds. The number of ether oxygens (including phenoxy) is 1. The van der Waals surface area contributed by atoms with E-state index in [-0.39, 0.29) is 22.2 Å². The second kappa shape index (κ2) is 10.2. The first kappa shape index (κ1) is 21.1. The number of benzene rings is 2. The van der Waals surface area contributed by atoms with Gasteiger partial charge in [0.05, 0.1) is 27.7 Å². The molecule has 146 valence electrons. The average molecular weight is 404 g/mol. The van der Waals surface area contributed by atoms with Gasteiger partial charge in [0, 0.05) is 31.5 Å². The number of anilines is 1. The van der Waals surface area contributed by atoms with Gasteiger partial charge in [0.2, 0.25) is 5.91 Å². The number of rotatable bonds is 8. The van der Waals surface area contributed by atoms with Crippen molar-refractivity contribution in [1.82, 2.24) is 5.32 Å². The number of hydrogen-bond acceptors (Lipinski definition) is 5. The van der Waals surface area contributed by atoms with Crippen LogP contribution in [-0.2, 0) is 9.53 Å². The average Bonchev–Trinajstić information content (AvgIpc) is 2.66. The van der Waals surface area contributed by atoms with Gasteiger partial charge in [-0.15, -0.1) is 0 Å². The highest BCUT2D eigenvalue weighted by molar-refractivity contribution is 6.34. The fraction of sp³-hybridized carbons (Fsp3) is 0.158. The van der Waals surface area contributed by atoms with Crippen LogP contribution >= 0.6 is 11.6 Å². The smallest absolute Gasteiger partial charge is 0.276 e. The highest BCUT2D eigenvalue weighted by Gasteiger charge is 2.12. The fourth-order valence-electron chi connectivity index (χ4n) is 2.28. The zero-order valence-corrected chi connectivity index (χ0v) is 15.7. The van der Waals surface area contributed by atoms with E-state index < -0.39 is 10.8 Å². The zero-order chi connectivity index (χ0) is 20.5. The van der Waals surface area contributed by atoms with E-state index in [9.17, 15) is 19.7 Å². The van der Waals surface area contributed by atoms with Crippen molar-refractivity contribution in [2.45, 2.75) is 0 Å². The van der Waals surface area contributed by atoms with E-state index in [4.69, 9.17) is 16.3 Å². The fourth-order valence-corrected chi connectivity index (χ4v) is 2.55. The van der Waals surface area contributed by atoms with Gasteiger partial charge in [-0.25, -0.2) is 0 Å². The van der Waals surface area contributed by atoms with E-state index in [2.05, 4.69) is 10.6 Å². The largest absolute Gasteiger partial charge is 0.383 e. The molecule has 9 heteroatoms. The lowest BCUT2D eigenvalue weighted by Crippen LogP contribution is -2.27. The molecular weight excluding hydrogens is 386 g/mol. The Balaban J connectivity index is 2.04. The summed E-state index contributed by atoms with van der Waals surface area (Å²) in [4.78, 5) is 34.5. The second-order valence-corrected chi connectivity index (χ2v) is 5.99. The van der Waals surface area contributed by atoms with Gasteiger partial charge in [0.25, 0.3) is 11.6 Å². The van der Waals surface area contributed by atoms with Crippen LogP contribution in [-0.4, -0.2) is 37.0 Å². The summed E-state index contributed by atoms with van der Waals surface area (Å²) in [5.41, 5.74) is 0.865. The first-order valence-corrected chi connectivity index (χ1v) is 8.59. The van der Waals surface area contributed by atoms with Gasteiger partial charge in [-0.2, -0.15) is 0 Å². The number of nitro benzene ring substituents is 1. The maximum Gasteiger partial charge on any atom is 0.276 e. The molecule has 0 unspecified atom stereocenters. The number of carbonyl (C=O) groups excluding carboxylic acids is 2. The molecule has 0 aromatic heterocycles. The van der Waals surface area contributed by atoms with Crippen LogP contribution < -0.4 is 10.6 Å². The van der Waals surface area contributed by atoms with Gasteiger partial charge in [-0.05, 0) is 30.3 Å². The van der Waals surface area contributed by atoms with Crippen molar-refractivity contribution in [3.8, 4) is 0 Å². The lowest BCUT2D eigenvalue weighted by atomic mass is 10.1. The van der Waals surface area contributed by atoms with Gasteiger partial charge in [0.1, 0.15) is 0 Å². The topological polar surface area (TPSA) is 111 Å². The Morgan fingerprint density at radius 2 is 2.00 bits per heavy atom. The normalized spacial score (nSPS) is 10.6. The van der Waals surface area contributed by atoms with E-state index in [0.717, 1.165) is 0 Å². The van der Waals surface area contributed by atoms with Crippen LogP contribution in [0.15, 0.2) is 48.5 Å². The first-order valence-electron chi connectivity index (χ1n) is 8.21. The summed E-state index contributed by atoms with van der Waals surface area (Å²) in [7, 11) is 1.53. The molecule has 0 aliphatic carbocycles. The van der Waals surface area contributed by atoms with Crippen molar-refractivity contribution in [2.24, 2.45) is 0 Å². The highest BCUT2D eigenvalue weighted by Crippen LogP contribution is 2.22. The summed E-state index contributed by atoms with van der Waals surface area (Å²) < 4.78 is 4.86. The maximum absolute atomic E-state index is 12.1. The Bertz CT molecular complexity index is 914. The molecule has 0 saturated carbocycles. The van der Waals surface area contributed by atoms with Gasteiger partial charge in [-0.1, -0.05) is 23.7 Å². The quantitative estimate of drug-likeness (QED) is 0.304. The van der Waals surface area contributed by atoms with E-state index in [1.54, 1.807) is 12.1 Å². The molecule has 2 aromatic carbocycles. The third-order valence-corrected chi connectivity index (χ3v) is 3.93. The third kappa shape index (κ3) is 5.90. The molecule has 8 nitrogen and oxygen atoms in total. The van der Waals surface area contributed by atoms with Crippen molar-refractivity contribution < 1.29 is 19.2 Å². The lowest BCUT2D eigenvalue weighted by molar-refractivity contribution is -0.385. The van der Waals surface area contributed by atoms with Crippen LogP contribution in [0.5, 0.6) is 0 Å². The Hall–Kier alpha value is -3.23. The number of halogens is 1. The third-order valence-electron chi connectivity index (χ3n) is 3.62. The van der Waals surface area contributed by atoms with E-state index in [1.165, 1.54) is 49.6 Å². The molecule has 0 aliphatic heterocycles. The summed E-state index contributed by atoms with van der Waals surface area (Å²) >= 11 is 6.11. The van der Waals surface area contributed by atoms with Crippen molar-refractivity contribution in [3.63, 3.8) is 0 Å². The Labute approximate surface area is 166 Å². The zero-order valence-electron chi connectivity index (χ0n) is 15.0. The summed E-state index contributed by atoms with van der Waals surface area (Å²) in [5, 5.41) is 16.4. The molecule has 0 atom stereocenters. The van der Waals surface area contributed by atoms with Gasteiger partial charge in [-0.3, -0.25) is 19.7 Å². The minimum absolute atomic E-state index is 0.0987. The van der Waals surface area contributed by atoms with Crippen molar-refractivity contribution >= 4 is 40.9 Å². The highest BCUT2D eigenvalue weighted by atomic mass is 35.5. The van der Waals surface area contributed by atoms with Gasteiger partial charge in [0.15, 0.2) is 0 Å². The number of nitrogens with one attached hydrogen (secondary N) is 2. The number of para-hydroxylation sites is 1. The monoisotopic (exact) mass is 403 g/mol. The molecule has 28 heavy (non-hydrogen) atoms. The number of nitrogens with zero attached hydrogens (tertiary/aromatic N) is 1. The molecular formula is C19H18ClN3O5. The van der Waals surface area contributed by atoms with Crippen LogP contribution in [0.1, 0.15) is 15.9 Å². The van der Waals surface area contributed by atoms with E-state index >= 15 is 0 Å². The number of carbonyl (C=O) groups is 2. The molecule has 2 rings (SSSR count). The van der Waals surface area contributed by atoms with Crippen molar-refractivity contribution in [3.05, 3.63) is 74.8 Å². The first-order chi connectivity index (χ1) is 13.4. The summed E-state index contributed by atoms with van der Waals surface area (Å²) in [6.45, 7) is 0.726. The summed E-state index contributed by atoms with van der Waals surface area (Å²) in [6, 6.07) is 10.6. The molecule has 2 aromatic rings. The molecule has 0 bridgehead atoms. The molecule has 0 heterocycles. The number of amides is 2. The standard InChI is InChI=1S/C19H18ClN3O5/c1-28-11-10-21-19(25)15-8-7-14(12-16(15)20)22-18(24)9-6-13-4-2-3-5-17(13)23(26)27/h2-9,12H,10-11H2,1H3,(H,21,25)(H,22,24)/b9-6+. The van der Waals surface area contributed by atoms with Crippen LogP contribution in [0.2, 0.25) is 5.02 Å². The van der Waals surface area contributed by atoms with Crippen molar-refractivity contribution in [1.29, 1.82) is 0 Å². The van der Waals surface area contributed by atoms with Gasteiger partial charge >= 0.3 is 0 Å². The molecule has 0 saturated heterocycles. The van der Waals surface area contributed by atoms with E-state index in [1.807, 2.05) is 0 Å². The number of nitro groups is 1. The van der Waals surface area contributed by atoms with Crippen LogP contribution in [0.3, 0.4) is 0 Å². The van der Waals surface area contributed by atoms with Gasteiger partial charge < -0.3 is 15.4 Å². The van der Waals surface area contributed by atoms with Crippen LogP contribution in [0.25, 0.3) is 6.08 Å². The lowest BCUT2D eigenvalue weighted by Gasteiger charge is -2.08. The minimum atomic E-state index is -0.520. The maximum atomic E-state index is 12.1. The summed E-state index contributed by atoms with van der Waals surface area (Å²) in [6.07, 6.45) is 2.54. The molecule has 0 aliphatic rings. The Morgan fingerprint density at radius 1 is 1.25 bits per heavy atom. The predicted molar refractivity (Wildman–Crippen MR) is 106 cm³/mol. The summed E-state index contributed by atoms with van der Waals surface area (Å²) in [5.74, 6) is -0.845. The number of methoxy groups -OCH3 is 1. The minimum Gasteiger partial charge on any atom is -0.383 e. The Morgan fingerprint density at radius 3 is 2.68 bits per heavy atom. The predicted octanol–water partition coefficient (Wildman–Crippen LogP) is 3.28. The molecule has 0 radical (unpaired) electrons. The SMILES string of the molecule is COCCNC(=O)c1ccc(NC(=O)/C=C/c2ccccc2[N+](=O)[O-])cc1Cl. The Kier molecular flexibility index (Phi) is 7.67. The number of hydrogen-bond donors (Lipinski definition) is 2.